The standard InChI is InChI=1S/C51H30N4S/c1-2-11-33(12-3-1)49-52-50(54-51(53-49)37-24-26-41-40-16-6-7-19-45(40)56-46(41)30-37)36-21-20-35-29-38(25-22-34(35)28-36)55-44-18-9-14-32-13-8-17-42(47(32)44)43-27-23-31-10-4-5-15-39(31)48(43)55/h1-30H/i1D,2D,3D,11D,12D. The lowest BCUT2D eigenvalue weighted by Gasteiger charge is -2.34. The zero-order valence-corrected chi connectivity index (χ0v) is 30.4. The Kier molecular flexibility index (Phi) is 5.76. The second kappa shape index (κ2) is 12.2. The largest absolute Gasteiger partial charge is 0.309 e. The minimum atomic E-state index is -0.473. The molecule has 0 saturated carbocycles. The van der Waals surface area contributed by atoms with E-state index in [0.29, 0.717) is 17.2 Å². The molecule has 0 atom stereocenters. The van der Waals surface area contributed by atoms with Gasteiger partial charge in [0.05, 0.1) is 18.2 Å². The van der Waals surface area contributed by atoms with Gasteiger partial charge in [0, 0.05) is 58.9 Å². The number of anilines is 3. The fourth-order valence-corrected chi connectivity index (χ4v) is 9.46. The van der Waals surface area contributed by atoms with Gasteiger partial charge in [0.2, 0.25) is 0 Å². The highest BCUT2D eigenvalue weighted by atomic mass is 32.1. The lowest BCUT2D eigenvalue weighted by molar-refractivity contribution is 1.08. The maximum absolute atomic E-state index is 8.80. The van der Waals surface area contributed by atoms with Crippen LogP contribution in [0.15, 0.2) is 182 Å². The van der Waals surface area contributed by atoms with Gasteiger partial charge >= 0.3 is 0 Å². The third-order valence-electron chi connectivity index (χ3n) is 10.9. The molecule has 12 rings (SSSR count). The van der Waals surface area contributed by atoms with E-state index in [0.717, 1.165) is 43.5 Å². The van der Waals surface area contributed by atoms with E-state index < -0.39 is 18.1 Å². The normalized spacial score (nSPS) is 13.5. The van der Waals surface area contributed by atoms with Crippen LogP contribution in [-0.2, 0) is 0 Å². The molecule has 0 saturated heterocycles. The monoisotopic (exact) mass is 735 g/mol. The van der Waals surface area contributed by atoms with E-state index in [2.05, 4.69) is 120 Å². The molecule has 0 N–H and O–H groups in total. The number of hydrogen-bond acceptors (Lipinski definition) is 5. The molecule has 0 unspecified atom stereocenters. The highest BCUT2D eigenvalue weighted by Crippen LogP contribution is 2.53. The quantitative estimate of drug-likeness (QED) is 0.180. The van der Waals surface area contributed by atoms with E-state index in [9.17, 15) is 0 Å². The summed E-state index contributed by atoms with van der Waals surface area (Å²) >= 11 is 1.68. The van der Waals surface area contributed by atoms with Crippen LogP contribution in [0.3, 0.4) is 0 Å². The number of fused-ring (bicyclic) bond motifs is 8. The molecule has 2 aromatic heterocycles. The zero-order chi connectivity index (χ0) is 41.1. The maximum Gasteiger partial charge on any atom is 0.164 e. The summed E-state index contributed by atoms with van der Waals surface area (Å²) in [4.78, 5) is 17.0. The van der Waals surface area contributed by atoms with Crippen molar-refractivity contribution in [1.29, 1.82) is 0 Å². The molecule has 0 bridgehead atoms. The van der Waals surface area contributed by atoms with Crippen molar-refractivity contribution < 1.29 is 6.85 Å². The minimum Gasteiger partial charge on any atom is -0.309 e. The van der Waals surface area contributed by atoms with E-state index in [4.69, 9.17) is 21.8 Å². The van der Waals surface area contributed by atoms with Crippen molar-refractivity contribution in [2.75, 3.05) is 4.90 Å². The van der Waals surface area contributed by atoms with E-state index in [1.807, 2.05) is 36.4 Å². The summed E-state index contributed by atoms with van der Waals surface area (Å²) < 4.78 is 44.9. The van der Waals surface area contributed by atoms with Crippen molar-refractivity contribution in [3.63, 3.8) is 0 Å². The molecule has 0 fully saturated rings. The third-order valence-corrected chi connectivity index (χ3v) is 12.0. The average molecular weight is 736 g/mol. The van der Waals surface area contributed by atoms with Gasteiger partial charge < -0.3 is 4.90 Å². The summed E-state index contributed by atoms with van der Waals surface area (Å²) in [5.41, 5.74) is 7.06. The molecular weight excluding hydrogens is 701 g/mol. The molecule has 5 heteroatoms. The SMILES string of the molecule is [2H]c1c([2H])c([2H])c(-c2nc(-c3ccc4cc(N5c6c(ccc7ccccc67)-c6cccc7cccc5c67)ccc4c3)nc(-c3ccc4c(c3)sc3ccccc34)n2)c([2H])c1[2H]. The summed E-state index contributed by atoms with van der Waals surface area (Å²) in [7, 11) is 0. The molecule has 4 nitrogen and oxygen atoms in total. The summed E-state index contributed by atoms with van der Waals surface area (Å²) in [6.45, 7) is 0. The Labute approximate surface area is 333 Å². The first kappa shape index (κ1) is 26.5. The molecule has 0 aliphatic carbocycles. The molecular formula is C51H30N4S. The first-order valence-electron chi connectivity index (χ1n) is 20.9. The van der Waals surface area contributed by atoms with Crippen LogP contribution >= 0.6 is 11.3 Å². The van der Waals surface area contributed by atoms with Crippen LogP contribution in [0.2, 0.25) is 0 Å². The van der Waals surface area contributed by atoms with Gasteiger partial charge in [-0.25, -0.2) is 15.0 Å². The molecule has 3 heterocycles. The van der Waals surface area contributed by atoms with Gasteiger partial charge in [-0.05, 0) is 63.5 Å². The summed E-state index contributed by atoms with van der Waals surface area (Å²) in [6.07, 6.45) is 0. The van der Waals surface area contributed by atoms with E-state index in [1.165, 1.54) is 42.8 Å². The van der Waals surface area contributed by atoms with Crippen molar-refractivity contribution in [2.45, 2.75) is 0 Å². The number of hydrogen-bond donors (Lipinski definition) is 0. The molecule has 56 heavy (non-hydrogen) atoms. The molecule has 0 amide bonds. The smallest absolute Gasteiger partial charge is 0.164 e. The summed E-state index contributed by atoms with van der Waals surface area (Å²) in [6, 6.07) is 50.8. The van der Waals surface area contributed by atoms with Crippen LogP contribution in [0.25, 0.3) is 97.8 Å². The van der Waals surface area contributed by atoms with Crippen molar-refractivity contribution in [3.8, 4) is 45.3 Å². The number of rotatable bonds is 4. The van der Waals surface area contributed by atoms with Gasteiger partial charge in [0.15, 0.2) is 17.5 Å². The predicted octanol–water partition coefficient (Wildman–Crippen LogP) is 14.2. The highest BCUT2D eigenvalue weighted by Gasteiger charge is 2.28. The lowest BCUT2D eigenvalue weighted by atomic mass is 9.88. The maximum atomic E-state index is 8.80. The van der Waals surface area contributed by atoms with E-state index in [1.54, 1.807) is 11.3 Å². The molecule has 1 aliphatic heterocycles. The fourth-order valence-electron chi connectivity index (χ4n) is 8.32. The molecule has 260 valence electrons. The Hall–Kier alpha value is -7.21. The first-order chi connectivity index (χ1) is 29.8. The van der Waals surface area contributed by atoms with Crippen LogP contribution in [0.5, 0.6) is 0 Å². The number of nitrogens with zero attached hydrogens (tertiary/aromatic N) is 4. The summed E-state index contributed by atoms with van der Waals surface area (Å²) in [5.74, 6) is 0.676. The van der Waals surface area contributed by atoms with Crippen molar-refractivity contribution in [2.24, 2.45) is 0 Å². The highest BCUT2D eigenvalue weighted by molar-refractivity contribution is 7.25. The average Bonchev–Trinajstić information content (AvgIpc) is 3.68. The topological polar surface area (TPSA) is 41.9 Å². The van der Waals surface area contributed by atoms with E-state index >= 15 is 0 Å². The Bertz CT molecular complexity index is 3660. The number of thiophene rings is 1. The van der Waals surface area contributed by atoms with Crippen LogP contribution in [0, 0.1) is 0 Å². The number of aromatic nitrogens is 3. The van der Waals surface area contributed by atoms with Crippen molar-refractivity contribution in [3.05, 3.63) is 182 Å². The lowest BCUT2D eigenvalue weighted by Crippen LogP contribution is -2.15. The van der Waals surface area contributed by atoms with Gasteiger partial charge in [0.1, 0.15) is 0 Å². The van der Waals surface area contributed by atoms with Crippen molar-refractivity contribution in [1.82, 2.24) is 15.0 Å². The second-order valence-electron chi connectivity index (χ2n) is 14.1. The molecule has 0 spiro atoms. The molecule has 9 aromatic carbocycles. The first-order valence-corrected chi connectivity index (χ1v) is 19.3. The number of benzene rings is 9. The van der Waals surface area contributed by atoms with Crippen LogP contribution in [0.4, 0.5) is 17.1 Å². The Morgan fingerprint density at radius 3 is 1.98 bits per heavy atom. The van der Waals surface area contributed by atoms with Gasteiger partial charge in [-0.15, -0.1) is 11.3 Å². The van der Waals surface area contributed by atoms with Crippen LogP contribution < -0.4 is 4.90 Å². The van der Waals surface area contributed by atoms with Crippen molar-refractivity contribution >= 4 is 80.9 Å². The van der Waals surface area contributed by atoms with Gasteiger partial charge in [0.25, 0.3) is 0 Å². The summed E-state index contributed by atoms with van der Waals surface area (Å²) in [5, 5.41) is 9.03. The van der Waals surface area contributed by atoms with Crippen LogP contribution in [-0.4, -0.2) is 15.0 Å². The minimum absolute atomic E-state index is 0.00864. The molecule has 0 radical (unpaired) electrons. The Morgan fingerprint density at radius 2 is 1.11 bits per heavy atom. The second-order valence-corrected chi connectivity index (χ2v) is 15.1. The zero-order valence-electron chi connectivity index (χ0n) is 34.6. The third kappa shape index (κ3) is 4.81. The Morgan fingerprint density at radius 1 is 0.446 bits per heavy atom. The predicted molar refractivity (Wildman–Crippen MR) is 235 cm³/mol. The van der Waals surface area contributed by atoms with Gasteiger partial charge in [-0.2, -0.15) is 0 Å². The Balaban J connectivity index is 1.03. The van der Waals surface area contributed by atoms with E-state index in [-0.39, 0.29) is 23.5 Å². The fraction of sp³-hybridized carbons (Fsp3) is 0. The van der Waals surface area contributed by atoms with Gasteiger partial charge in [-0.1, -0.05) is 145 Å². The molecule has 1 aliphatic rings. The van der Waals surface area contributed by atoms with Gasteiger partial charge in [-0.3, -0.25) is 0 Å². The molecule has 11 aromatic rings. The van der Waals surface area contributed by atoms with Crippen LogP contribution in [0.1, 0.15) is 6.85 Å².